The highest BCUT2D eigenvalue weighted by Crippen LogP contribution is 2.37. The van der Waals surface area contributed by atoms with Gasteiger partial charge in [-0.1, -0.05) is 32.8 Å². The van der Waals surface area contributed by atoms with E-state index in [4.69, 9.17) is 9.97 Å². The van der Waals surface area contributed by atoms with Crippen molar-refractivity contribution in [2.24, 2.45) is 0 Å². The highest BCUT2D eigenvalue weighted by Gasteiger charge is 2.34. The molecule has 0 bridgehead atoms. The second kappa shape index (κ2) is 13.5. The van der Waals surface area contributed by atoms with Crippen LogP contribution in [0.3, 0.4) is 0 Å². The number of hydrogen-bond donors (Lipinski definition) is 1. The van der Waals surface area contributed by atoms with E-state index in [0.717, 1.165) is 57.0 Å². The Hall–Kier alpha value is -3.73. The summed E-state index contributed by atoms with van der Waals surface area (Å²) in [5.74, 6) is 0.830. The fourth-order valence-electron chi connectivity index (χ4n) is 4.63. The number of pyridine rings is 1. The molecule has 0 aliphatic rings. The molecule has 0 spiro atoms. The third-order valence-corrected chi connectivity index (χ3v) is 6.91. The Bertz CT molecular complexity index is 1460. The summed E-state index contributed by atoms with van der Waals surface area (Å²) in [4.78, 5) is 15.7. The lowest BCUT2D eigenvalue weighted by Crippen LogP contribution is -2.28. The minimum absolute atomic E-state index is 0.213. The van der Waals surface area contributed by atoms with Gasteiger partial charge in [-0.05, 0) is 74.5 Å². The molecule has 0 unspecified atom stereocenters. The number of nitrogens with one attached hydrogen (secondary N) is 1. The molecule has 0 radical (unpaired) electrons. The Labute approximate surface area is 241 Å². The lowest BCUT2D eigenvalue weighted by Gasteiger charge is -2.22. The van der Waals surface area contributed by atoms with Crippen LogP contribution in [0.2, 0.25) is 0 Å². The minimum atomic E-state index is -4.59. The number of hydrogen-bond acceptors (Lipinski definition) is 5. The van der Waals surface area contributed by atoms with Crippen molar-refractivity contribution in [2.45, 2.75) is 58.3 Å². The highest BCUT2D eigenvalue weighted by atomic mass is 19.4. The zero-order valence-corrected chi connectivity index (χ0v) is 23.5. The van der Waals surface area contributed by atoms with Crippen LogP contribution >= 0.6 is 0 Å². The van der Waals surface area contributed by atoms with Crippen LogP contribution in [0.5, 0.6) is 0 Å². The van der Waals surface area contributed by atoms with Gasteiger partial charge in [0.2, 0.25) is 0 Å². The second-order valence-corrected chi connectivity index (χ2v) is 10.1. The largest absolute Gasteiger partial charge is 0.418 e. The van der Waals surface area contributed by atoms with Crippen molar-refractivity contribution in [1.29, 1.82) is 0 Å². The molecular weight excluding hydrogens is 556 g/mol. The van der Waals surface area contributed by atoms with E-state index in [1.54, 1.807) is 12.1 Å². The molecule has 4 aromatic rings. The average Bonchev–Trinajstić information content (AvgIpc) is 2.96. The monoisotopic (exact) mass is 589 g/mol. The summed E-state index contributed by atoms with van der Waals surface area (Å²) in [5.41, 5.74) is -0.818. The minimum Gasteiger partial charge on any atom is -0.340 e. The molecule has 5 nitrogen and oxygen atoms in total. The third-order valence-electron chi connectivity index (χ3n) is 6.91. The number of rotatable bonds is 12. The third kappa shape index (κ3) is 7.96. The summed E-state index contributed by atoms with van der Waals surface area (Å²) < 4.78 is 80.4. The molecule has 2 aromatic heterocycles. The molecule has 4 rings (SSSR count). The van der Waals surface area contributed by atoms with Gasteiger partial charge in [-0.3, -0.25) is 4.98 Å². The van der Waals surface area contributed by atoms with Gasteiger partial charge in [0.25, 0.3) is 0 Å². The number of fused-ring (bicyclic) bond motifs is 1. The van der Waals surface area contributed by atoms with Crippen molar-refractivity contribution in [1.82, 2.24) is 19.9 Å². The number of nitrogens with zero attached hydrogens (tertiary/aromatic N) is 4. The van der Waals surface area contributed by atoms with Crippen LogP contribution in [0.1, 0.15) is 56.5 Å². The first-order chi connectivity index (χ1) is 20.0. The summed E-state index contributed by atoms with van der Waals surface area (Å²) in [7, 11) is 0. The molecule has 2 heterocycles. The predicted octanol–water partition coefficient (Wildman–Crippen LogP) is 8.92. The van der Waals surface area contributed by atoms with Crippen molar-refractivity contribution in [3.05, 3.63) is 77.7 Å². The van der Waals surface area contributed by atoms with Crippen molar-refractivity contribution in [3.8, 4) is 11.3 Å². The molecule has 0 aliphatic carbocycles. The maximum atomic E-state index is 13.7. The Morgan fingerprint density at radius 2 is 1.48 bits per heavy atom. The molecule has 0 saturated heterocycles. The number of aromatic nitrogens is 3. The predicted molar refractivity (Wildman–Crippen MR) is 152 cm³/mol. The van der Waals surface area contributed by atoms with E-state index in [2.05, 4.69) is 29.0 Å². The molecule has 11 heteroatoms. The second-order valence-electron chi connectivity index (χ2n) is 10.1. The van der Waals surface area contributed by atoms with E-state index >= 15 is 0 Å². The van der Waals surface area contributed by atoms with Crippen LogP contribution in [-0.4, -0.2) is 39.5 Å². The molecule has 224 valence electrons. The highest BCUT2D eigenvalue weighted by molar-refractivity contribution is 5.93. The van der Waals surface area contributed by atoms with Gasteiger partial charge in [0.05, 0.1) is 22.3 Å². The summed E-state index contributed by atoms with van der Waals surface area (Å²) in [6.45, 7) is 6.83. The fourth-order valence-corrected chi connectivity index (χ4v) is 4.63. The lowest BCUT2D eigenvalue weighted by atomic mass is 10.0. The first-order valence-electron chi connectivity index (χ1n) is 14.0. The Balaban J connectivity index is 1.74. The Morgan fingerprint density at radius 3 is 2.10 bits per heavy atom. The van der Waals surface area contributed by atoms with Crippen LogP contribution in [-0.2, 0) is 18.8 Å². The van der Waals surface area contributed by atoms with E-state index in [1.165, 1.54) is 30.5 Å². The standard InChI is InChI=1S/C31H33F6N5/c1-3-5-17-42(18-6-4-2)19-15-27-40-26-20-21(28-25(31(35,36)37)8-7-16-38-28)9-14-24(26)29(41-27)39-23-12-10-22(11-13-23)30(32,33)34/h7-14,16,20H,3-6,15,17-19H2,1-2H3,(H,39,40,41). The molecule has 0 fully saturated rings. The van der Waals surface area contributed by atoms with E-state index in [0.29, 0.717) is 41.2 Å². The SMILES string of the molecule is CCCCN(CCCC)CCc1nc(Nc2ccc(C(F)(F)F)cc2)c2ccc(-c3ncccc3C(F)(F)F)cc2n1. The topological polar surface area (TPSA) is 53.9 Å². The maximum absolute atomic E-state index is 13.7. The fraction of sp³-hybridized carbons (Fsp3) is 0.387. The van der Waals surface area contributed by atoms with Crippen molar-refractivity contribution in [3.63, 3.8) is 0 Å². The average molecular weight is 590 g/mol. The van der Waals surface area contributed by atoms with Gasteiger partial charge in [-0.25, -0.2) is 9.97 Å². The zero-order valence-electron chi connectivity index (χ0n) is 23.5. The molecule has 0 amide bonds. The van der Waals surface area contributed by atoms with Gasteiger partial charge in [0.15, 0.2) is 0 Å². The number of unbranched alkanes of at least 4 members (excludes halogenated alkanes) is 2. The summed E-state index contributed by atoms with van der Waals surface area (Å²) in [6.07, 6.45) is -3.03. The Kier molecular flexibility index (Phi) is 10.0. The van der Waals surface area contributed by atoms with Crippen LogP contribution in [0.15, 0.2) is 60.8 Å². The molecular formula is C31H33F6N5. The summed E-state index contributed by atoms with van der Waals surface area (Å²) in [5, 5.41) is 3.60. The normalized spacial score (nSPS) is 12.3. The maximum Gasteiger partial charge on any atom is 0.418 e. The van der Waals surface area contributed by atoms with Gasteiger partial charge >= 0.3 is 12.4 Å². The first-order valence-corrected chi connectivity index (χ1v) is 14.0. The molecule has 42 heavy (non-hydrogen) atoms. The number of halogens is 6. The summed E-state index contributed by atoms with van der Waals surface area (Å²) >= 11 is 0. The zero-order chi connectivity index (χ0) is 30.3. The van der Waals surface area contributed by atoms with Gasteiger partial charge in [0, 0.05) is 35.8 Å². The first kappa shape index (κ1) is 31.2. The van der Waals surface area contributed by atoms with Crippen molar-refractivity contribution in [2.75, 3.05) is 25.0 Å². The van der Waals surface area contributed by atoms with Gasteiger partial charge in [-0.2, -0.15) is 26.3 Å². The number of benzene rings is 2. The van der Waals surface area contributed by atoms with Gasteiger partial charge < -0.3 is 10.2 Å². The molecule has 0 atom stereocenters. The van der Waals surface area contributed by atoms with E-state index in [1.807, 2.05) is 0 Å². The van der Waals surface area contributed by atoms with E-state index < -0.39 is 23.5 Å². The quantitative estimate of drug-likeness (QED) is 0.167. The Morgan fingerprint density at radius 1 is 0.786 bits per heavy atom. The molecule has 2 aromatic carbocycles. The van der Waals surface area contributed by atoms with Crippen LogP contribution in [0.4, 0.5) is 37.8 Å². The lowest BCUT2D eigenvalue weighted by molar-refractivity contribution is -0.138. The molecule has 0 saturated carbocycles. The van der Waals surface area contributed by atoms with E-state index in [-0.39, 0.29) is 11.3 Å². The van der Waals surface area contributed by atoms with Gasteiger partial charge in [0.1, 0.15) is 11.6 Å². The van der Waals surface area contributed by atoms with Crippen molar-refractivity contribution >= 4 is 22.4 Å². The number of anilines is 2. The number of alkyl halides is 6. The van der Waals surface area contributed by atoms with Crippen molar-refractivity contribution < 1.29 is 26.3 Å². The van der Waals surface area contributed by atoms with E-state index in [9.17, 15) is 26.3 Å². The van der Waals surface area contributed by atoms with Crippen LogP contribution in [0, 0.1) is 0 Å². The molecule has 0 aliphatic heterocycles. The van der Waals surface area contributed by atoms with Crippen LogP contribution < -0.4 is 5.32 Å². The molecule has 1 N–H and O–H groups in total. The van der Waals surface area contributed by atoms with Crippen LogP contribution in [0.25, 0.3) is 22.2 Å². The smallest absolute Gasteiger partial charge is 0.340 e. The summed E-state index contributed by atoms with van der Waals surface area (Å²) in [6, 6.07) is 11.5. The van der Waals surface area contributed by atoms with Gasteiger partial charge in [-0.15, -0.1) is 0 Å².